The molecule has 8 nitrogen and oxygen atoms in total. The average molecular weight is 288 g/mol. The monoisotopic (exact) mass is 288 g/mol. The highest BCUT2D eigenvalue weighted by molar-refractivity contribution is 7.99. The molecule has 0 aliphatic carbocycles. The van der Waals surface area contributed by atoms with Crippen molar-refractivity contribution < 1.29 is 14.3 Å². The molecular formula is C10H16N4O4S. The number of amides is 2. The third-order valence-electron chi connectivity index (χ3n) is 2.02. The van der Waals surface area contributed by atoms with Gasteiger partial charge in [0.1, 0.15) is 0 Å². The molecule has 19 heavy (non-hydrogen) atoms. The van der Waals surface area contributed by atoms with Crippen molar-refractivity contribution in [3.63, 3.8) is 0 Å². The summed E-state index contributed by atoms with van der Waals surface area (Å²) in [6, 6.07) is 0. The van der Waals surface area contributed by atoms with Gasteiger partial charge in [0, 0.05) is 6.54 Å². The Hall–Kier alpha value is -1.77. The molecule has 0 unspecified atom stereocenters. The Morgan fingerprint density at radius 2 is 2.21 bits per heavy atom. The third kappa shape index (κ3) is 4.78. The molecule has 0 saturated heterocycles. The first-order valence-corrected chi connectivity index (χ1v) is 6.81. The molecule has 0 bridgehead atoms. The van der Waals surface area contributed by atoms with Crippen molar-refractivity contribution in [3.8, 4) is 0 Å². The van der Waals surface area contributed by atoms with Crippen LogP contribution in [0, 0.1) is 0 Å². The van der Waals surface area contributed by atoms with Crippen LogP contribution in [0.5, 0.6) is 0 Å². The quantitative estimate of drug-likeness (QED) is 0.731. The van der Waals surface area contributed by atoms with Gasteiger partial charge in [0.25, 0.3) is 0 Å². The molecule has 1 aromatic rings. The first-order chi connectivity index (χ1) is 9.08. The lowest BCUT2D eigenvalue weighted by Gasteiger charge is -2.04. The van der Waals surface area contributed by atoms with Crippen LogP contribution in [0.15, 0.2) is 9.95 Å². The van der Waals surface area contributed by atoms with Gasteiger partial charge in [-0.05, 0) is 13.3 Å². The Morgan fingerprint density at radius 3 is 2.84 bits per heavy atom. The molecule has 1 rings (SSSR count). The molecule has 0 radical (unpaired) electrons. The van der Waals surface area contributed by atoms with Crippen molar-refractivity contribution in [1.82, 2.24) is 20.1 Å². The summed E-state index contributed by atoms with van der Waals surface area (Å²) in [5.41, 5.74) is -0.310. The second-order valence-corrected chi connectivity index (χ2v) is 4.46. The zero-order chi connectivity index (χ0) is 14.3. The van der Waals surface area contributed by atoms with E-state index in [9.17, 15) is 14.4 Å². The van der Waals surface area contributed by atoms with E-state index in [0.717, 1.165) is 18.2 Å². The van der Waals surface area contributed by atoms with Crippen LogP contribution in [0.3, 0.4) is 0 Å². The molecule has 2 N–H and O–H groups in total. The number of nitrogens with zero attached hydrogens (tertiary/aromatic N) is 2. The van der Waals surface area contributed by atoms with Gasteiger partial charge in [0.2, 0.25) is 5.91 Å². The lowest BCUT2D eigenvalue weighted by Crippen LogP contribution is -2.32. The minimum atomic E-state index is -0.777. The number of aromatic nitrogens is 3. The van der Waals surface area contributed by atoms with Crippen molar-refractivity contribution in [2.24, 2.45) is 0 Å². The summed E-state index contributed by atoms with van der Waals surface area (Å²) in [5, 5.41) is 8.62. The predicted molar refractivity (Wildman–Crippen MR) is 69.0 cm³/mol. The van der Waals surface area contributed by atoms with E-state index in [1.807, 2.05) is 6.92 Å². The van der Waals surface area contributed by atoms with E-state index in [2.05, 4.69) is 20.3 Å². The number of hydrogen-bond acceptors (Lipinski definition) is 6. The van der Waals surface area contributed by atoms with Crippen LogP contribution < -0.4 is 11.0 Å². The van der Waals surface area contributed by atoms with Gasteiger partial charge in [-0.1, -0.05) is 18.7 Å². The molecule has 1 aromatic heterocycles. The predicted octanol–water partition coefficient (Wildman–Crippen LogP) is 0.346. The van der Waals surface area contributed by atoms with E-state index in [4.69, 9.17) is 0 Å². The zero-order valence-corrected chi connectivity index (χ0v) is 11.6. The van der Waals surface area contributed by atoms with E-state index in [1.54, 1.807) is 6.92 Å². The normalized spacial score (nSPS) is 10.2. The van der Waals surface area contributed by atoms with Gasteiger partial charge < -0.3 is 4.74 Å². The molecule has 0 spiro atoms. The van der Waals surface area contributed by atoms with E-state index in [-0.39, 0.29) is 18.0 Å². The van der Waals surface area contributed by atoms with Gasteiger partial charge in [-0.3, -0.25) is 14.7 Å². The Balaban J connectivity index is 2.50. The van der Waals surface area contributed by atoms with Gasteiger partial charge in [-0.25, -0.2) is 14.7 Å². The van der Waals surface area contributed by atoms with Crippen molar-refractivity contribution >= 4 is 23.8 Å². The summed E-state index contributed by atoms with van der Waals surface area (Å²) in [7, 11) is 0. The summed E-state index contributed by atoms with van der Waals surface area (Å²) in [4.78, 5) is 33.8. The van der Waals surface area contributed by atoms with Gasteiger partial charge in [0.15, 0.2) is 5.16 Å². The fraction of sp³-hybridized carbons (Fsp3) is 0.600. The van der Waals surface area contributed by atoms with Crippen molar-refractivity contribution in [2.45, 2.75) is 32.0 Å². The lowest BCUT2D eigenvalue weighted by molar-refractivity contribution is -0.117. The van der Waals surface area contributed by atoms with Crippen LogP contribution >= 0.6 is 11.8 Å². The highest BCUT2D eigenvalue weighted by Gasteiger charge is 2.12. The first-order valence-electron chi connectivity index (χ1n) is 5.83. The first kappa shape index (κ1) is 15.3. The van der Waals surface area contributed by atoms with Crippen LogP contribution in [-0.4, -0.2) is 39.1 Å². The summed E-state index contributed by atoms with van der Waals surface area (Å²) in [5.74, 6) is -0.519. The van der Waals surface area contributed by atoms with Gasteiger partial charge in [0.05, 0.1) is 12.4 Å². The molecule has 1 heterocycles. The van der Waals surface area contributed by atoms with E-state index >= 15 is 0 Å². The molecule has 2 amide bonds. The molecule has 0 aromatic carbocycles. The summed E-state index contributed by atoms with van der Waals surface area (Å²) in [6.07, 6.45) is 0.00300. The zero-order valence-electron chi connectivity index (χ0n) is 10.8. The number of nitrogens with one attached hydrogen (secondary N) is 2. The maximum absolute atomic E-state index is 11.4. The van der Waals surface area contributed by atoms with Crippen LogP contribution in [-0.2, 0) is 16.1 Å². The summed E-state index contributed by atoms with van der Waals surface area (Å²) < 4.78 is 6.02. The van der Waals surface area contributed by atoms with Crippen LogP contribution in [0.2, 0.25) is 0 Å². The number of alkyl carbamates (subject to hydrolysis) is 1. The minimum absolute atomic E-state index is 0.0210. The number of aromatic amines is 1. The molecule has 9 heteroatoms. The number of ether oxygens (including phenoxy) is 1. The number of hydrogen-bond donors (Lipinski definition) is 2. The van der Waals surface area contributed by atoms with Crippen LogP contribution in [0.25, 0.3) is 0 Å². The second-order valence-electron chi connectivity index (χ2n) is 3.52. The number of carbonyl (C=O) groups is 2. The highest BCUT2D eigenvalue weighted by Crippen LogP contribution is 2.12. The number of carbonyl (C=O) groups excluding carboxylic acids is 2. The Bertz CT molecular complexity index is 496. The van der Waals surface area contributed by atoms with Crippen molar-refractivity contribution in [2.75, 3.05) is 12.4 Å². The topological polar surface area (TPSA) is 106 Å². The molecule has 0 saturated carbocycles. The molecule has 0 aliphatic rings. The van der Waals surface area contributed by atoms with Gasteiger partial charge >= 0.3 is 11.8 Å². The smallest absolute Gasteiger partial charge is 0.413 e. The van der Waals surface area contributed by atoms with E-state index in [1.165, 1.54) is 4.57 Å². The maximum atomic E-state index is 11.4. The van der Waals surface area contributed by atoms with Gasteiger partial charge in [-0.2, -0.15) is 0 Å². The summed E-state index contributed by atoms with van der Waals surface area (Å²) in [6.45, 7) is 4.30. The molecule has 0 fully saturated rings. The number of imide groups is 1. The van der Waals surface area contributed by atoms with Crippen molar-refractivity contribution in [1.29, 1.82) is 0 Å². The van der Waals surface area contributed by atoms with E-state index < -0.39 is 12.0 Å². The second kappa shape index (κ2) is 7.62. The van der Waals surface area contributed by atoms with Crippen LogP contribution in [0.1, 0.15) is 20.3 Å². The summed E-state index contributed by atoms with van der Waals surface area (Å²) >= 11 is 1.08. The Labute approximate surface area is 113 Å². The average Bonchev–Trinajstić information content (AvgIpc) is 2.69. The fourth-order valence-corrected chi connectivity index (χ4v) is 2.05. The third-order valence-corrected chi connectivity index (χ3v) is 3.00. The molecular weight excluding hydrogens is 272 g/mol. The molecule has 106 valence electrons. The minimum Gasteiger partial charge on any atom is -0.450 e. The van der Waals surface area contributed by atoms with Gasteiger partial charge in [-0.15, -0.1) is 5.10 Å². The Kier molecular flexibility index (Phi) is 6.13. The standard InChI is InChI=1S/C10H16N4O4S/c1-3-5-14-8(16)12-13-9(14)19-6-7(15)11-10(17)18-4-2/h3-6H2,1-2H3,(H,12,16)(H,11,15,17). The fourth-order valence-electron chi connectivity index (χ4n) is 1.28. The highest BCUT2D eigenvalue weighted by atomic mass is 32.2. The number of thioether (sulfide) groups is 1. The molecule has 0 aliphatic heterocycles. The lowest BCUT2D eigenvalue weighted by atomic mass is 10.5. The van der Waals surface area contributed by atoms with E-state index in [0.29, 0.717) is 11.7 Å². The van der Waals surface area contributed by atoms with Crippen molar-refractivity contribution in [3.05, 3.63) is 10.5 Å². The number of rotatable bonds is 6. The Morgan fingerprint density at radius 1 is 1.47 bits per heavy atom. The SMILES string of the molecule is CCCn1c(SCC(=O)NC(=O)OCC)n[nH]c1=O. The van der Waals surface area contributed by atoms with Crippen LogP contribution in [0.4, 0.5) is 4.79 Å². The largest absolute Gasteiger partial charge is 0.450 e. The number of H-pyrrole nitrogens is 1. The maximum Gasteiger partial charge on any atom is 0.413 e. The molecule has 0 atom stereocenters.